The van der Waals surface area contributed by atoms with Gasteiger partial charge in [0.1, 0.15) is 5.75 Å². The Labute approximate surface area is 127 Å². The van der Waals surface area contributed by atoms with Crippen LogP contribution in [0.15, 0.2) is 24.3 Å². The van der Waals surface area contributed by atoms with Gasteiger partial charge < -0.3 is 14.5 Å². The standard InChI is InChI=1S/C17H26N2O2/c1-4-18-8-10-19(11-9-18)17(20)15-6-5-7-16(12-15)21-13-14(2)3/h5-7,12,14H,4,8-11,13H2,1-3H3. The number of ether oxygens (including phenoxy) is 1. The number of carbonyl (C=O) groups is 1. The maximum atomic E-state index is 12.5. The molecule has 0 bridgehead atoms. The molecule has 0 spiro atoms. The third-order valence-corrected chi connectivity index (χ3v) is 3.77. The molecule has 1 heterocycles. The van der Waals surface area contributed by atoms with E-state index in [2.05, 4.69) is 25.7 Å². The van der Waals surface area contributed by atoms with Crippen molar-refractivity contribution >= 4 is 5.91 Å². The van der Waals surface area contributed by atoms with E-state index < -0.39 is 0 Å². The van der Waals surface area contributed by atoms with E-state index in [9.17, 15) is 4.79 Å². The monoisotopic (exact) mass is 290 g/mol. The van der Waals surface area contributed by atoms with Crippen molar-refractivity contribution in [2.24, 2.45) is 5.92 Å². The molecule has 1 aliphatic heterocycles. The van der Waals surface area contributed by atoms with Crippen molar-refractivity contribution in [3.8, 4) is 5.75 Å². The number of nitrogens with zero attached hydrogens (tertiary/aromatic N) is 2. The highest BCUT2D eigenvalue weighted by Crippen LogP contribution is 2.16. The number of benzene rings is 1. The fourth-order valence-corrected chi connectivity index (χ4v) is 2.43. The molecule has 0 N–H and O–H groups in total. The third kappa shape index (κ3) is 4.46. The first-order valence-corrected chi connectivity index (χ1v) is 7.84. The Morgan fingerprint density at radius 2 is 1.95 bits per heavy atom. The summed E-state index contributed by atoms with van der Waals surface area (Å²) in [6.07, 6.45) is 0. The van der Waals surface area contributed by atoms with Gasteiger partial charge in [0.25, 0.3) is 5.91 Å². The summed E-state index contributed by atoms with van der Waals surface area (Å²) in [5.41, 5.74) is 0.723. The highest BCUT2D eigenvalue weighted by molar-refractivity contribution is 5.94. The predicted octanol–water partition coefficient (Wildman–Crippen LogP) is 2.50. The molecule has 0 aliphatic carbocycles. The summed E-state index contributed by atoms with van der Waals surface area (Å²) in [4.78, 5) is 16.8. The van der Waals surface area contributed by atoms with Gasteiger partial charge in [0.15, 0.2) is 0 Å². The largest absolute Gasteiger partial charge is 0.493 e. The quantitative estimate of drug-likeness (QED) is 0.835. The molecule has 1 amide bonds. The minimum absolute atomic E-state index is 0.112. The molecule has 0 atom stereocenters. The zero-order chi connectivity index (χ0) is 15.2. The van der Waals surface area contributed by atoms with Gasteiger partial charge in [-0.05, 0) is 30.7 Å². The van der Waals surface area contributed by atoms with Crippen LogP contribution in [-0.2, 0) is 0 Å². The van der Waals surface area contributed by atoms with E-state index in [-0.39, 0.29) is 5.91 Å². The normalized spacial score (nSPS) is 16.3. The Hall–Kier alpha value is -1.55. The summed E-state index contributed by atoms with van der Waals surface area (Å²) in [5.74, 6) is 1.37. The van der Waals surface area contributed by atoms with Crippen LogP contribution in [0.1, 0.15) is 31.1 Å². The lowest BCUT2D eigenvalue weighted by Crippen LogP contribution is -2.48. The second-order valence-corrected chi connectivity index (χ2v) is 5.96. The third-order valence-electron chi connectivity index (χ3n) is 3.77. The fraction of sp³-hybridized carbons (Fsp3) is 0.588. The lowest BCUT2D eigenvalue weighted by atomic mass is 10.1. The van der Waals surface area contributed by atoms with Crippen LogP contribution in [0.3, 0.4) is 0 Å². The van der Waals surface area contributed by atoms with E-state index in [4.69, 9.17) is 4.74 Å². The molecule has 21 heavy (non-hydrogen) atoms. The molecule has 116 valence electrons. The van der Waals surface area contributed by atoms with Crippen LogP contribution in [-0.4, -0.2) is 55.0 Å². The van der Waals surface area contributed by atoms with Crippen LogP contribution in [0, 0.1) is 5.92 Å². The minimum atomic E-state index is 0.112. The van der Waals surface area contributed by atoms with Gasteiger partial charge in [0.2, 0.25) is 0 Å². The van der Waals surface area contributed by atoms with Crippen molar-refractivity contribution < 1.29 is 9.53 Å². The topological polar surface area (TPSA) is 32.8 Å². The van der Waals surface area contributed by atoms with Gasteiger partial charge in [0, 0.05) is 31.7 Å². The van der Waals surface area contributed by atoms with Gasteiger partial charge in [-0.15, -0.1) is 0 Å². The number of hydrogen-bond acceptors (Lipinski definition) is 3. The smallest absolute Gasteiger partial charge is 0.254 e. The Morgan fingerprint density at radius 3 is 2.57 bits per heavy atom. The zero-order valence-corrected chi connectivity index (χ0v) is 13.3. The highest BCUT2D eigenvalue weighted by atomic mass is 16.5. The lowest BCUT2D eigenvalue weighted by Gasteiger charge is -2.34. The first-order chi connectivity index (χ1) is 10.1. The molecule has 1 aromatic rings. The van der Waals surface area contributed by atoms with Gasteiger partial charge in [-0.2, -0.15) is 0 Å². The van der Waals surface area contributed by atoms with Crippen molar-refractivity contribution in [1.82, 2.24) is 9.80 Å². The van der Waals surface area contributed by atoms with Gasteiger partial charge in [-0.3, -0.25) is 4.79 Å². The van der Waals surface area contributed by atoms with Crippen molar-refractivity contribution in [3.63, 3.8) is 0 Å². The molecule has 1 aromatic carbocycles. The van der Waals surface area contributed by atoms with Gasteiger partial charge in [0.05, 0.1) is 6.61 Å². The van der Waals surface area contributed by atoms with Gasteiger partial charge in [-0.25, -0.2) is 0 Å². The molecule has 1 saturated heterocycles. The Balaban J connectivity index is 1.97. The molecule has 2 rings (SSSR count). The summed E-state index contributed by atoms with van der Waals surface area (Å²) >= 11 is 0. The number of rotatable bonds is 5. The van der Waals surface area contributed by atoms with Crippen molar-refractivity contribution in [3.05, 3.63) is 29.8 Å². The van der Waals surface area contributed by atoms with E-state index >= 15 is 0 Å². The van der Waals surface area contributed by atoms with Crippen LogP contribution in [0.5, 0.6) is 5.75 Å². The molecular weight excluding hydrogens is 264 g/mol. The predicted molar refractivity (Wildman–Crippen MR) is 84.8 cm³/mol. The summed E-state index contributed by atoms with van der Waals surface area (Å²) in [5, 5.41) is 0. The molecule has 0 unspecified atom stereocenters. The summed E-state index contributed by atoms with van der Waals surface area (Å²) in [7, 11) is 0. The highest BCUT2D eigenvalue weighted by Gasteiger charge is 2.21. The Morgan fingerprint density at radius 1 is 1.24 bits per heavy atom. The van der Waals surface area contributed by atoms with Gasteiger partial charge >= 0.3 is 0 Å². The zero-order valence-electron chi connectivity index (χ0n) is 13.3. The van der Waals surface area contributed by atoms with Crippen LogP contribution >= 0.6 is 0 Å². The van der Waals surface area contributed by atoms with Crippen molar-refractivity contribution in [2.75, 3.05) is 39.3 Å². The SMILES string of the molecule is CCN1CCN(C(=O)c2cccc(OCC(C)C)c2)CC1. The Kier molecular flexibility index (Phi) is 5.62. The fourth-order valence-electron chi connectivity index (χ4n) is 2.43. The second-order valence-electron chi connectivity index (χ2n) is 5.96. The number of carbonyl (C=O) groups excluding carboxylic acids is 1. The Bertz CT molecular complexity index is 466. The number of piperazine rings is 1. The average Bonchev–Trinajstić information content (AvgIpc) is 2.52. The van der Waals surface area contributed by atoms with Crippen LogP contribution < -0.4 is 4.74 Å². The van der Waals surface area contributed by atoms with E-state index in [0.29, 0.717) is 12.5 Å². The molecule has 1 aliphatic rings. The summed E-state index contributed by atoms with van der Waals surface area (Å²) in [6.45, 7) is 11.7. The molecule has 4 nitrogen and oxygen atoms in total. The summed E-state index contributed by atoms with van der Waals surface area (Å²) in [6, 6.07) is 7.53. The van der Waals surface area contributed by atoms with Crippen LogP contribution in [0.4, 0.5) is 0 Å². The molecular formula is C17H26N2O2. The van der Waals surface area contributed by atoms with Crippen molar-refractivity contribution in [1.29, 1.82) is 0 Å². The second kappa shape index (κ2) is 7.46. The van der Waals surface area contributed by atoms with Crippen LogP contribution in [0.25, 0.3) is 0 Å². The first-order valence-electron chi connectivity index (χ1n) is 7.84. The average molecular weight is 290 g/mol. The number of likely N-dealkylation sites (N-methyl/N-ethyl adjacent to an activating group) is 1. The number of hydrogen-bond donors (Lipinski definition) is 0. The maximum absolute atomic E-state index is 12.5. The summed E-state index contributed by atoms with van der Waals surface area (Å²) < 4.78 is 5.70. The molecule has 4 heteroatoms. The minimum Gasteiger partial charge on any atom is -0.493 e. The van der Waals surface area contributed by atoms with E-state index in [1.807, 2.05) is 29.2 Å². The van der Waals surface area contributed by atoms with E-state index in [1.54, 1.807) is 0 Å². The van der Waals surface area contributed by atoms with E-state index in [0.717, 1.165) is 44.0 Å². The van der Waals surface area contributed by atoms with Crippen LogP contribution in [0.2, 0.25) is 0 Å². The van der Waals surface area contributed by atoms with Gasteiger partial charge in [-0.1, -0.05) is 26.8 Å². The van der Waals surface area contributed by atoms with Crippen molar-refractivity contribution in [2.45, 2.75) is 20.8 Å². The number of amides is 1. The molecule has 0 radical (unpaired) electrons. The van der Waals surface area contributed by atoms with E-state index in [1.165, 1.54) is 0 Å². The molecule has 1 fully saturated rings. The molecule has 0 saturated carbocycles. The maximum Gasteiger partial charge on any atom is 0.254 e. The first kappa shape index (κ1) is 15.8. The molecule has 0 aromatic heterocycles. The lowest BCUT2D eigenvalue weighted by molar-refractivity contribution is 0.0643.